The van der Waals surface area contributed by atoms with Gasteiger partial charge in [0.1, 0.15) is 12.2 Å². The Labute approximate surface area is 229 Å². The second-order valence-corrected chi connectivity index (χ2v) is 13.3. The fourth-order valence-corrected chi connectivity index (χ4v) is 5.95. The average molecular weight is 643 g/mol. The molecule has 2 aliphatic rings. The van der Waals surface area contributed by atoms with Crippen LogP contribution in [0, 0.1) is 5.41 Å². The van der Waals surface area contributed by atoms with Gasteiger partial charge in [0.2, 0.25) is 26.6 Å². The topological polar surface area (TPSA) is 308 Å². The van der Waals surface area contributed by atoms with Gasteiger partial charge in [-0.2, -0.15) is 0 Å². The third kappa shape index (κ3) is 8.73. The van der Waals surface area contributed by atoms with Crippen molar-refractivity contribution in [3.8, 4) is 0 Å². The minimum absolute atomic E-state index is 0.568. The molecular formula is C18H28NO18S3-3. The molecule has 1 saturated heterocycles. The lowest BCUT2D eigenvalue weighted by Crippen LogP contribution is -2.71. The van der Waals surface area contributed by atoms with Crippen molar-refractivity contribution in [2.24, 2.45) is 5.41 Å². The molecule has 40 heavy (non-hydrogen) atoms. The predicted octanol–water partition coefficient (Wildman–Crippen LogP) is -3.59. The van der Waals surface area contributed by atoms with Crippen molar-refractivity contribution >= 4 is 37.1 Å². The highest BCUT2D eigenvalue weighted by Crippen LogP contribution is 2.43. The molecule has 0 aromatic rings. The van der Waals surface area contributed by atoms with Crippen molar-refractivity contribution < 1.29 is 81.6 Å². The number of carboxylic acid groups (broad SMARTS) is 1. The second-order valence-electron chi connectivity index (χ2n) is 10.1. The molecule has 3 unspecified atom stereocenters. The molecule has 0 bridgehead atoms. The largest absolute Gasteiger partial charge is 0.735 e. The number of rotatable bonds is 12. The SMILES string of the molecule is CC1(C)OC(COS(=O)(=O)[O-])[C@@](C)(COC[C@@]2(C)OC(C(=O)O)=C[C@H](O)C2OS(=O)(=O)[O-])[C@H](O)C1NS(=O)(=O)[O-]. The van der Waals surface area contributed by atoms with Crippen molar-refractivity contribution in [1.29, 1.82) is 0 Å². The van der Waals surface area contributed by atoms with Gasteiger partial charge in [-0.15, -0.1) is 0 Å². The van der Waals surface area contributed by atoms with E-state index in [1.807, 2.05) is 0 Å². The van der Waals surface area contributed by atoms with E-state index >= 15 is 0 Å². The van der Waals surface area contributed by atoms with E-state index in [2.05, 4.69) is 8.37 Å². The highest BCUT2D eigenvalue weighted by atomic mass is 32.3. The zero-order chi connectivity index (χ0) is 31.1. The summed E-state index contributed by atoms with van der Waals surface area (Å²) < 4.78 is 128. The van der Waals surface area contributed by atoms with Crippen LogP contribution in [0.2, 0.25) is 0 Å². The van der Waals surface area contributed by atoms with Crippen molar-refractivity contribution in [3.63, 3.8) is 0 Å². The van der Waals surface area contributed by atoms with E-state index in [-0.39, 0.29) is 0 Å². The molecule has 234 valence electrons. The van der Waals surface area contributed by atoms with E-state index in [1.165, 1.54) is 20.8 Å². The summed E-state index contributed by atoms with van der Waals surface area (Å²) in [6.45, 7) is 2.01. The smallest absolute Gasteiger partial charge is 0.370 e. The van der Waals surface area contributed by atoms with Crippen molar-refractivity contribution in [2.45, 2.75) is 69.4 Å². The molecule has 4 N–H and O–H groups in total. The lowest BCUT2D eigenvalue weighted by molar-refractivity contribution is -0.253. The van der Waals surface area contributed by atoms with Crippen LogP contribution in [0.3, 0.4) is 0 Å². The third-order valence-corrected chi connectivity index (χ3v) is 7.78. The Bertz CT molecular complexity index is 1310. The van der Waals surface area contributed by atoms with E-state index in [0.29, 0.717) is 6.08 Å². The van der Waals surface area contributed by atoms with Crippen LogP contribution in [0.25, 0.3) is 0 Å². The summed E-state index contributed by atoms with van der Waals surface area (Å²) in [6.07, 6.45) is -6.92. The summed E-state index contributed by atoms with van der Waals surface area (Å²) >= 11 is 0. The van der Waals surface area contributed by atoms with E-state index < -0.39 is 110 Å². The molecule has 2 aliphatic heterocycles. The van der Waals surface area contributed by atoms with Gasteiger partial charge < -0.3 is 43.2 Å². The van der Waals surface area contributed by atoms with Gasteiger partial charge >= 0.3 is 5.97 Å². The van der Waals surface area contributed by atoms with E-state index in [0.717, 1.165) is 6.92 Å². The Morgan fingerprint density at radius 3 is 2.08 bits per heavy atom. The van der Waals surface area contributed by atoms with Crippen LogP contribution >= 0.6 is 0 Å². The Hall–Kier alpha value is -1.54. The van der Waals surface area contributed by atoms with Crippen LogP contribution < -0.4 is 4.72 Å². The molecule has 0 aromatic heterocycles. The molecule has 0 aliphatic carbocycles. The van der Waals surface area contributed by atoms with Gasteiger partial charge in [-0.25, -0.2) is 34.8 Å². The minimum Gasteiger partial charge on any atom is -0.735 e. The minimum atomic E-state index is -5.48. The molecule has 1 fully saturated rings. The molecule has 0 saturated carbocycles. The first-order valence-electron chi connectivity index (χ1n) is 11.0. The number of nitrogens with one attached hydrogen (secondary N) is 1. The van der Waals surface area contributed by atoms with Crippen LogP contribution in [0.4, 0.5) is 0 Å². The number of aliphatic hydroxyl groups excluding tert-OH is 2. The maximum atomic E-state index is 11.4. The zero-order valence-corrected chi connectivity index (χ0v) is 23.7. The first-order valence-corrected chi connectivity index (χ1v) is 15.1. The number of aliphatic hydroxyl groups is 2. The monoisotopic (exact) mass is 642 g/mol. The van der Waals surface area contributed by atoms with Crippen LogP contribution in [0.1, 0.15) is 27.7 Å². The van der Waals surface area contributed by atoms with Crippen LogP contribution in [0.5, 0.6) is 0 Å². The molecule has 19 nitrogen and oxygen atoms in total. The molecule has 0 aromatic carbocycles. The van der Waals surface area contributed by atoms with Gasteiger partial charge in [-0.05, 0) is 26.8 Å². The standard InChI is InChI=1S/C18H31NO18S3/c1-16(2)12(19-38(24,25)26)13(21)17(3,11(36-16)6-34-39(27,28)29)7-33-8-18(4)14(37-40(30,31)32)9(20)5-10(35-18)15(22)23/h5,9,11-14,19-21H,6-8H2,1-4H3,(H,22,23)(H,24,25,26)(H,27,28,29)(H,30,31,32)/p-3/t9-,11?,12?,13+,14?,17+,18+/m0/s1. The van der Waals surface area contributed by atoms with E-state index in [1.54, 1.807) is 4.72 Å². The summed E-state index contributed by atoms with van der Waals surface area (Å²) in [7, 11) is -16.0. The molecule has 0 amide bonds. The first-order chi connectivity index (χ1) is 17.8. The van der Waals surface area contributed by atoms with E-state index in [4.69, 9.17) is 14.2 Å². The molecule has 2 rings (SSSR count). The Kier molecular flexibility index (Phi) is 10.1. The Morgan fingerprint density at radius 2 is 1.60 bits per heavy atom. The van der Waals surface area contributed by atoms with E-state index in [9.17, 15) is 59.0 Å². The molecule has 22 heteroatoms. The fourth-order valence-electron chi connectivity index (χ4n) is 4.37. The molecule has 0 radical (unpaired) electrons. The van der Waals surface area contributed by atoms with Gasteiger partial charge in [0.15, 0.2) is 15.9 Å². The van der Waals surface area contributed by atoms with Crippen LogP contribution in [-0.4, -0.2) is 122 Å². The number of aliphatic carboxylic acids is 1. The van der Waals surface area contributed by atoms with Crippen LogP contribution in [0.15, 0.2) is 11.8 Å². The van der Waals surface area contributed by atoms with Crippen LogP contribution in [-0.2, 0) is 58.5 Å². The number of ether oxygens (including phenoxy) is 3. The summed E-state index contributed by atoms with van der Waals surface area (Å²) in [4.78, 5) is 11.4. The van der Waals surface area contributed by atoms with Crippen molar-refractivity contribution in [3.05, 3.63) is 11.8 Å². The summed E-state index contributed by atoms with van der Waals surface area (Å²) in [5.41, 5.74) is -5.79. The Balaban J connectivity index is 2.42. The second kappa shape index (κ2) is 11.6. The third-order valence-electron chi connectivity index (χ3n) is 6.37. The summed E-state index contributed by atoms with van der Waals surface area (Å²) in [5.74, 6) is -2.56. The number of hydrogen-bond acceptors (Lipinski definition) is 17. The maximum Gasteiger partial charge on any atom is 0.370 e. The molecule has 7 atom stereocenters. The summed E-state index contributed by atoms with van der Waals surface area (Å²) in [6, 6.07) is -1.67. The van der Waals surface area contributed by atoms with Gasteiger partial charge in [0, 0.05) is 5.41 Å². The zero-order valence-electron chi connectivity index (χ0n) is 21.3. The van der Waals surface area contributed by atoms with Gasteiger partial charge in [-0.3, -0.25) is 8.37 Å². The molecule has 2 heterocycles. The quantitative estimate of drug-likeness (QED) is 0.118. The first kappa shape index (κ1) is 34.7. The van der Waals surface area contributed by atoms with Gasteiger partial charge in [0.05, 0.1) is 43.7 Å². The predicted molar refractivity (Wildman–Crippen MR) is 122 cm³/mol. The Morgan fingerprint density at radius 1 is 1.02 bits per heavy atom. The summed E-state index contributed by atoms with van der Waals surface area (Å²) in [5, 5.41) is 30.6. The van der Waals surface area contributed by atoms with Crippen molar-refractivity contribution in [2.75, 3.05) is 19.8 Å². The fraction of sp³-hybridized carbons (Fsp3) is 0.833. The lowest BCUT2D eigenvalue weighted by Gasteiger charge is -2.55. The lowest BCUT2D eigenvalue weighted by atomic mass is 9.70. The molecule has 0 spiro atoms. The number of carboxylic acids is 1. The van der Waals surface area contributed by atoms with Crippen molar-refractivity contribution in [1.82, 2.24) is 4.72 Å². The number of hydrogen-bond donors (Lipinski definition) is 4. The average Bonchev–Trinajstić information content (AvgIpc) is 2.74. The molecular weight excluding hydrogens is 614 g/mol. The highest BCUT2D eigenvalue weighted by Gasteiger charge is 2.57. The number of carbonyl (C=O) groups is 1. The maximum absolute atomic E-state index is 11.4. The van der Waals surface area contributed by atoms with Gasteiger partial charge in [0.25, 0.3) is 0 Å². The normalized spacial score (nSPS) is 35.0. The van der Waals surface area contributed by atoms with Gasteiger partial charge in [-0.1, -0.05) is 6.92 Å². The highest BCUT2D eigenvalue weighted by molar-refractivity contribution is 7.83.